The highest BCUT2D eigenvalue weighted by Crippen LogP contribution is 2.32. The van der Waals surface area contributed by atoms with Gasteiger partial charge in [0.1, 0.15) is 0 Å². The largest absolute Gasteiger partial charge is 0.0605 e. The molecule has 0 aromatic carbocycles. The van der Waals surface area contributed by atoms with Gasteiger partial charge in [0.15, 0.2) is 0 Å². The Hall–Kier alpha value is -0.340. The van der Waals surface area contributed by atoms with Gasteiger partial charge in [0, 0.05) is 8.95 Å². The number of hydrogen-bond acceptors (Lipinski definition) is 0. The summed E-state index contributed by atoms with van der Waals surface area (Å²) in [4.78, 5) is 0. The van der Waals surface area contributed by atoms with Crippen molar-refractivity contribution in [3.8, 4) is 11.1 Å². The van der Waals surface area contributed by atoms with Crippen molar-refractivity contribution < 1.29 is 0 Å². The van der Waals surface area contributed by atoms with E-state index in [-0.39, 0.29) is 0 Å². The van der Waals surface area contributed by atoms with Crippen LogP contribution in [0.5, 0.6) is 0 Å². The van der Waals surface area contributed by atoms with E-state index < -0.39 is 0 Å². The molecular weight excluding hydrogens is 280 g/mol. The van der Waals surface area contributed by atoms with Crippen molar-refractivity contribution >= 4 is 31.9 Å². The number of hydrogen-bond donors (Lipinski definition) is 0. The molecule has 2 aliphatic rings. The Morgan fingerprint density at radius 2 is 1.75 bits per heavy atom. The van der Waals surface area contributed by atoms with Crippen molar-refractivity contribution in [1.82, 2.24) is 0 Å². The molecule has 2 aliphatic carbocycles. The zero-order valence-electron chi connectivity index (χ0n) is 6.22. The normalized spacial score (nSPS) is 10.5. The van der Waals surface area contributed by atoms with Gasteiger partial charge >= 0.3 is 0 Å². The molecule has 0 nitrogen and oxygen atoms in total. The third-order valence-electron chi connectivity index (χ3n) is 1.79. The molecule has 60 valence electrons. The number of halogens is 2. The van der Waals surface area contributed by atoms with Gasteiger partial charge in [-0.3, -0.25) is 0 Å². The van der Waals surface area contributed by atoms with Gasteiger partial charge in [-0.1, -0.05) is 50.1 Å². The summed E-state index contributed by atoms with van der Waals surface area (Å²) < 4.78 is 2.26. The molecular formula is C10H6Br2. The third kappa shape index (κ3) is 1.41. The lowest BCUT2D eigenvalue weighted by atomic mass is 10.2. The summed E-state index contributed by atoms with van der Waals surface area (Å²) >= 11 is 6.95. The second-order valence-corrected chi connectivity index (χ2v) is 4.38. The summed E-state index contributed by atoms with van der Waals surface area (Å²) in [6.07, 6.45) is 0. The smallest absolute Gasteiger partial charge is 0.0253 e. The lowest BCUT2D eigenvalue weighted by Crippen LogP contribution is -1.64. The maximum Gasteiger partial charge on any atom is 0.0253 e. The van der Waals surface area contributed by atoms with Gasteiger partial charge in [0.05, 0.1) is 0 Å². The molecule has 2 heteroatoms. The summed E-state index contributed by atoms with van der Waals surface area (Å²) in [5.41, 5.74) is 2.50. The number of rotatable bonds is 0. The first kappa shape index (κ1) is 8.27. The topological polar surface area (TPSA) is 0 Å². The SMILES string of the molecule is Brc1cccc2c(Br)ccc-2c1. The van der Waals surface area contributed by atoms with Crippen LogP contribution in [0.25, 0.3) is 11.1 Å². The molecule has 0 fully saturated rings. The van der Waals surface area contributed by atoms with Crippen LogP contribution in [0.15, 0.2) is 45.3 Å². The standard InChI is InChI=1S/C10H6Br2/c11-8-2-1-3-9-7(6-8)4-5-10(9)12/h1-6H. The van der Waals surface area contributed by atoms with Crippen LogP contribution < -0.4 is 0 Å². The van der Waals surface area contributed by atoms with Crippen LogP contribution in [0.2, 0.25) is 0 Å². The molecule has 0 saturated carbocycles. The van der Waals surface area contributed by atoms with E-state index in [4.69, 9.17) is 0 Å². The van der Waals surface area contributed by atoms with Crippen LogP contribution in [0.4, 0.5) is 0 Å². The number of fused-ring (bicyclic) bond motifs is 1. The van der Waals surface area contributed by atoms with E-state index in [0.29, 0.717) is 0 Å². The highest BCUT2D eigenvalue weighted by molar-refractivity contribution is 9.10. The van der Waals surface area contributed by atoms with E-state index in [0.717, 1.165) is 8.95 Å². The molecule has 0 amide bonds. The quantitative estimate of drug-likeness (QED) is 0.676. The second-order valence-electron chi connectivity index (χ2n) is 2.61. The van der Waals surface area contributed by atoms with Gasteiger partial charge in [0.25, 0.3) is 0 Å². The molecule has 0 N–H and O–H groups in total. The fourth-order valence-corrected chi connectivity index (χ4v) is 2.11. The van der Waals surface area contributed by atoms with E-state index in [1.165, 1.54) is 11.1 Å². The Morgan fingerprint density at radius 3 is 2.58 bits per heavy atom. The van der Waals surface area contributed by atoms with Crippen molar-refractivity contribution in [2.45, 2.75) is 0 Å². The van der Waals surface area contributed by atoms with Crippen molar-refractivity contribution in [2.24, 2.45) is 0 Å². The van der Waals surface area contributed by atoms with Gasteiger partial charge in [-0.2, -0.15) is 0 Å². The zero-order chi connectivity index (χ0) is 8.55. The average Bonchev–Trinajstić information content (AvgIpc) is 2.31. The minimum atomic E-state index is 1.11. The summed E-state index contributed by atoms with van der Waals surface area (Å²) in [5, 5.41) is 0. The predicted molar refractivity (Wildman–Crippen MR) is 58.5 cm³/mol. The van der Waals surface area contributed by atoms with Crippen molar-refractivity contribution in [1.29, 1.82) is 0 Å². The first-order valence-corrected chi connectivity index (χ1v) is 5.20. The molecule has 2 rings (SSSR count). The molecule has 0 aromatic rings. The summed E-state index contributed by atoms with van der Waals surface area (Å²) in [5.74, 6) is 0. The molecule has 0 saturated heterocycles. The Bertz CT molecular complexity index is 382. The fraction of sp³-hybridized carbons (Fsp3) is 0. The van der Waals surface area contributed by atoms with Gasteiger partial charge in [-0.25, -0.2) is 0 Å². The van der Waals surface area contributed by atoms with Gasteiger partial charge in [-0.05, 0) is 29.3 Å². The molecule has 0 radical (unpaired) electrons. The summed E-state index contributed by atoms with van der Waals surface area (Å²) in [6.45, 7) is 0. The van der Waals surface area contributed by atoms with Crippen LogP contribution in [0, 0.1) is 0 Å². The van der Waals surface area contributed by atoms with E-state index >= 15 is 0 Å². The average molecular weight is 286 g/mol. The maximum absolute atomic E-state index is 3.50. The monoisotopic (exact) mass is 284 g/mol. The summed E-state index contributed by atoms with van der Waals surface area (Å²) in [6, 6.07) is 12.5. The van der Waals surface area contributed by atoms with E-state index in [1.807, 2.05) is 12.1 Å². The molecule has 12 heavy (non-hydrogen) atoms. The Kier molecular flexibility index (Phi) is 2.20. The fourth-order valence-electron chi connectivity index (χ4n) is 1.22. The highest BCUT2D eigenvalue weighted by Gasteiger charge is 2.04. The van der Waals surface area contributed by atoms with Crippen LogP contribution in [0.1, 0.15) is 0 Å². The molecule has 0 aliphatic heterocycles. The lowest BCUT2D eigenvalue weighted by molar-refractivity contribution is 1.77. The maximum atomic E-state index is 3.50. The van der Waals surface area contributed by atoms with E-state index in [2.05, 4.69) is 56.1 Å². The van der Waals surface area contributed by atoms with Crippen LogP contribution in [0.3, 0.4) is 0 Å². The van der Waals surface area contributed by atoms with Crippen molar-refractivity contribution in [3.05, 3.63) is 45.3 Å². The molecule has 0 heterocycles. The summed E-state index contributed by atoms with van der Waals surface area (Å²) in [7, 11) is 0. The minimum absolute atomic E-state index is 1.11. The van der Waals surface area contributed by atoms with Crippen molar-refractivity contribution in [3.63, 3.8) is 0 Å². The molecule has 0 spiro atoms. The molecule has 0 unspecified atom stereocenters. The van der Waals surface area contributed by atoms with Crippen molar-refractivity contribution in [2.75, 3.05) is 0 Å². The van der Waals surface area contributed by atoms with Crippen LogP contribution in [-0.2, 0) is 0 Å². The molecule has 0 aromatic heterocycles. The van der Waals surface area contributed by atoms with E-state index in [9.17, 15) is 0 Å². The minimum Gasteiger partial charge on any atom is -0.0605 e. The predicted octanol–water partition coefficient (Wildman–Crippen LogP) is 4.32. The van der Waals surface area contributed by atoms with E-state index in [1.54, 1.807) is 0 Å². The Labute approximate surface area is 88.2 Å². The van der Waals surface area contributed by atoms with Crippen LogP contribution in [-0.4, -0.2) is 0 Å². The zero-order valence-corrected chi connectivity index (χ0v) is 9.39. The molecule has 0 bridgehead atoms. The molecule has 0 atom stereocenters. The van der Waals surface area contributed by atoms with Gasteiger partial charge in [-0.15, -0.1) is 0 Å². The first-order chi connectivity index (χ1) is 5.77. The van der Waals surface area contributed by atoms with Crippen LogP contribution >= 0.6 is 31.9 Å². The lowest BCUT2D eigenvalue weighted by Gasteiger charge is -1.91. The van der Waals surface area contributed by atoms with Gasteiger partial charge in [0.2, 0.25) is 0 Å². The third-order valence-corrected chi connectivity index (χ3v) is 2.97. The Morgan fingerprint density at radius 1 is 0.917 bits per heavy atom. The van der Waals surface area contributed by atoms with Gasteiger partial charge < -0.3 is 0 Å². The Balaban J connectivity index is 2.74. The second kappa shape index (κ2) is 3.19. The first-order valence-electron chi connectivity index (χ1n) is 3.61. The highest BCUT2D eigenvalue weighted by atomic mass is 79.9.